The summed E-state index contributed by atoms with van der Waals surface area (Å²) >= 11 is 0. The molecule has 8 heteroatoms. The Kier molecular flexibility index (Phi) is 4.94. The zero-order valence-electron chi connectivity index (χ0n) is 15.4. The minimum atomic E-state index is 0.489. The van der Waals surface area contributed by atoms with Gasteiger partial charge < -0.3 is 9.72 Å². The largest absolute Gasteiger partial charge is 0.383 e. The van der Waals surface area contributed by atoms with Crippen molar-refractivity contribution >= 4 is 11.0 Å². The number of hydrogen-bond acceptors (Lipinski definition) is 6. The van der Waals surface area contributed by atoms with E-state index in [1.807, 2.05) is 4.68 Å². The average Bonchev–Trinajstić information content (AvgIpc) is 3.27. The molecule has 1 N–H and O–H groups in total. The van der Waals surface area contributed by atoms with Crippen LogP contribution < -0.4 is 0 Å². The van der Waals surface area contributed by atoms with Crippen LogP contribution in [-0.2, 0) is 17.8 Å². The second-order valence-electron chi connectivity index (χ2n) is 7.00. The second-order valence-corrected chi connectivity index (χ2v) is 7.00. The molecule has 0 atom stereocenters. The van der Waals surface area contributed by atoms with E-state index in [4.69, 9.17) is 9.72 Å². The standard InChI is InChI=1S/C18H25N7O/c1-13-3-4-15-16(11-13)20-18(19-15)14-5-7-24(8-6-14)12-17-21-22-23-25(17)9-10-26-2/h3-4,11,14H,5-10,12H2,1-2H3,(H,19,20). The van der Waals surface area contributed by atoms with Crippen molar-refractivity contribution in [2.45, 2.75) is 38.8 Å². The Morgan fingerprint density at radius 2 is 2.12 bits per heavy atom. The molecule has 3 aromatic rings. The molecule has 1 saturated heterocycles. The first kappa shape index (κ1) is 17.1. The fourth-order valence-electron chi connectivity index (χ4n) is 3.59. The van der Waals surface area contributed by atoms with Crippen LogP contribution in [0, 0.1) is 6.92 Å². The average molecular weight is 355 g/mol. The van der Waals surface area contributed by atoms with Gasteiger partial charge in [0.15, 0.2) is 5.82 Å². The summed E-state index contributed by atoms with van der Waals surface area (Å²) in [5.74, 6) is 2.51. The highest BCUT2D eigenvalue weighted by molar-refractivity contribution is 5.75. The molecular formula is C18H25N7O. The predicted octanol–water partition coefficient (Wildman–Crippen LogP) is 1.88. The lowest BCUT2D eigenvalue weighted by atomic mass is 9.96. The topological polar surface area (TPSA) is 84.8 Å². The highest BCUT2D eigenvalue weighted by atomic mass is 16.5. The number of hydrogen-bond donors (Lipinski definition) is 1. The maximum absolute atomic E-state index is 5.12. The van der Waals surface area contributed by atoms with E-state index in [0.29, 0.717) is 19.1 Å². The maximum atomic E-state index is 5.12. The van der Waals surface area contributed by atoms with E-state index in [0.717, 1.165) is 55.2 Å². The highest BCUT2D eigenvalue weighted by Gasteiger charge is 2.24. The number of nitrogens with zero attached hydrogens (tertiary/aromatic N) is 6. The fourth-order valence-corrected chi connectivity index (χ4v) is 3.59. The van der Waals surface area contributed by atoms with Crippen LogP contribution in [0.5, 0.6) is 0 Å². The Bertz CT molecular complexity index is 863. The van der Waals surface area contributed by atoms with Crippen LogP contribution in [0.25, 0.3) is 11.0 Å². The molecule has 0 radical (unpaired) electrons. The Labute approximate surface area is 152 Å². The summed E-state index contributed by atoms with van der Waals surface area (Å²) in [7, 11) is 1.69. The molecule has 8 nitrogen and oxygen atoms in total. The van der Waals surface area contributed by atoms with E-state index >= 15 is 0 Å². The van der Waals surface area contributed by atoms with Gasteiger partial charge in [0.25, 0.3) is 0 Å². The number of nitrogens with one attached hydrogen (secondary N) is 1. The number of methoxy groups -OCH3 is 1. The summed E-state index contributed by atoms with van der Waals surface area (Å²) in [5.41, 5.74) is 3.46. The number of benzene rings is 1. The first-order valence-corrected chi connectivity index (χ1v) is 9.15. The van der Waals surface area contributed by atoms with Gasteiger partial charge >= 0.3 is 0 Å². The van der Waals surface area contributed by atoms with Crippen molar-refractivity contribution in [2.75, 3.05) is 26.8 Å². The molecule has 138 valence electrons. The van der Waals surface area contributed by atoms with Crippen molar-refractivity contribution in [3.63, 3.8) is 0 Å². The maximum Gasteiger partial charge on any atom is 0.165 e. The van der Waals surface area contributed by atoms with Crippen molar-refractivity contribution in [3.8, 4) is 0 Å². The van der Waals surface area contributed by atoms with Crippen molar-refractivity contribution < 1.29 is 4.74 Å². The summed E-state index contributed by atoms with van der Waals surface area (Å²) in [6.45, 7) is 6.25. The number of piperidine rings is 1. The Morgan fingerprint density at radius 3 is 2.92 bits per heavy atom. The predicted molar refractivity (Wildman–Crippen MR) is 97.8 cm³/mol. The summed E-state index contributed by atoms with van der Waals surface area (Å²) in [6.07, 6.45) is 2.19. The first-order chi connectivity index (χ1) is 12.7. The quantitative estimate of drug-likeness (QED) is 0.727. The number of rotatable bonds is 6. The van der Waals surface area contributed by atoms with Gasteiger partial charge in [-0.05, 0) is 61.0 Å². The van der Waals surface area contributed by atoms with Gasteiger partial charge in [-0.1, -0.05) is 6.07 Å². The van der Waals surface area contributed by atoms with Gasteiger partial charge in [0.1, 0.15) is 5.82 Å². The van der Waals surface area contributed by atoms with Gasteiger partial charge in [-0.25, -0.2) is 9.67 Å². The number of aryl methyl sites for hydroxylation is 1. The summed E-state index contributed by atoms with van der Waals surface area (Å²) in [6, 6.07) is 6.38. The molecule has 1 aromatic carbocycles. The third-order valence-corrected chi connectivity index (χ3v) is 5.11. The van der Waals surface area contributed by atoms with E-state index in [1.165, 1.54) is 5.56 Å². The van der Waals surface area contributed by atoms with Crippen LogP contribution in [0.3, 0.4) is 0 Å². The molecule has 1 aliphatic heterocycles. The smallest absolute Gasteiger partial charge is 0.165 e. The lowest BCUT2D eigenvalue weighted by Gasteiger charge is -2.30. The number of aromatic amines is 1. The van der Waals surface area contributed by atoms with Crippen molar-refractivity contribution in [1.29, 1.82) is 0 Å². The molecule has 0 spiro atoms. The number of aromatic nitrogens is 6. The molecule has 26 heavy (non-hydrogen) atoms. The molecule has 0 amide bonds. The number of H-pyrrole nitrogens is 1. The van der Waals surface area contributed by atoms with E-state index in [2.05, 4.69) is 50.5 Å². The van der Waals surface area contributed by atoms with Gasteiger partial charge in [-0.3, -0.25) is 4.90 Å². The summed E-state index contributed by atoms with van der Waals surface area (Å²) in [5, 5.41) is 12.0. The zero-order valence-corrected chi connectivity index (χ0v) is 15.4. The Hall–Kier alpha value is -2.32. The third kappa shape index (κ3) is 3.61. The highest BCUT2D eigenvalue weighted by Crippen LogP contribution is 2.28. The molecule has 0 saturated carbocycles. The number of tetrazole rings is 1. The zero-order chi connectivity index (χ0) is 17.9. The number of ether oxygens (including phenoxy) is 1. The van der Waals surface area contributed by atoms with E-state index in [9.17, 15) is 0 Å². The number of fused-ring (bicyclic) bond motifs is 1. The molecule has 1 fully saturated rings. The number of imidazole rings is 1. The van der Waals surface area contributed by atoms with E-state index in [1.54, 1.807) is 7.11 Å². The fraction of sp³-hybridized carbons (Fsp3) is 0.556. The molecule has 0 unspecified atom stereocenters. The Balaban J connectivity index is 1.37. The third-order valence-electron chi connectivity index (χ3n) is 5.11. The minimum absolute atomic E-state index is 0.489. The van der Waals surface area contributed by atoms with Crippen molar-refractivity contribution in [2.24, 2.45) is 0 Å². The molecule has 3 heterocycles. The molecule has 4 rings (SSSR count). The normalized spacial score (nSPS) is 16.5. The lowest BCUT2D eigenvalue weighted by Crippen LogP contribution is -2.34. The van der Waals surface area contributed by atoms with Crippen LogP contribution in [0.2, 0.25) is 0 Å². The van der Waals surface area contributed by atoms with Gasteiger partial charge in [0.05, 0.1) is 30.7 Å². The molecule has 0 bridgehead atoms. The van der Waals surface area contributed by atoms with Crippen molar-refractivity contribution in [1.82, 2.24) is 35.1 Å². The molecule has 1 aliphatic rings. The van der Waals surface area contributed by atoms with Crippen LogP contribution in [0.4, 0.5) is 0 Å². The van der Waals surface area contributed by atoms with Crippen LogP contribution in [0.15, 0.2) is 18.2 Å². The van der Waals surface area contributed by atoms with Gasteiger partial charge in [0.2, 0.25) is 0 Å². The monoisotopic (exact) mass is 355 g/mol. The second kappa shape index (κ2) is 7.51. The van der Waals surface area contributed by atoms with E-state index in [-0.39, 0.29) is 0 Å². The van der Waals surface area contributed by atoms with Gasteiger partial charge in [-0.2, -0.15) is 0 Å². The molecular weight excluding hydrogens is 330 g/mol. The number of likely N-dealkylation sites (tertiary alicyclic amines) is 1. The van der Waals surface area contributed by atoms with Crippen LogP contribution in [-0.4, -0.2) is 61.9 Å². The summed E-state index contributed by atoms with van der Waals surface area (Å²) in [4.78, 5) is 10.7. The van der Waals surface area contributed by atoms with Crippen LogP contribution in [0.1, 0.15) is 36.0 Å². The Morgan fingerprint density at radius 1 is 1.27 bits per heavy atom. The lowest BCUT2D eigenvalue weighted by molar-refractivity contribution is 0.172. The van der Waals surface area contributed by atoms with Gasteiger partial charge in [0, 0.05) is 13.0 Å². The van der Waals surface area contributed by atoms with E-state index < -0.39 is 0 Å². The molecule has 2 aromatic heterocycles. The van der Waals surface area contributed by atoms with Crippen molar-refractivity contribution in [3.05, 3.63) is 35.4 Å². The van der Waals surface area contributed by atoms with Gasteiger partial charge in [-0.15, -0.1) is 5.10 Å². The molecule has 0 aliphatic carbocycles. The van der Waals surface area contributed by atoms with Crippen LogP contribution >= 0.6 is 0 Å². The SMILES string of the molecule is COCCn1nnnc1CN1CCC(c2nc3ccc(C)cc3[nH]2)CC1. The minimum Gasteiger partial charge on any atom is -0.383 e. The first-order valence-electron chi connectivity index (χ1n) is 9.15. The summed E-state index contributed by atoms with van der Waals surface area (Å²) < 4.78 is 6.95.